The summed E-state index contributed by atoms with van der Waals surface area (Å²) in [6.07, 6.45) is 0. The molecule has 7 nitrogen and oxygen atoms in total. The summed E-state index contributed by atoms with van der Waals surface area (Å²) in [5.74, 6) is -3.17. The molecule has 0 fully saturated rings. The Morgan fingerprint density at radius 2 is 1.10 bits per heavy atom. The van der Waals surface area contributed by atoms with E-state index in [1.807, 2.05) is 0 Å². The quantitative estimate of drug-likeness (QED) is 0.702. The van der Waals surface area contributed by atoms with Crippen LogP contribution < -0.4 is 0 Å². The molecule has 0 unspecified atom stereocenters. The van der Waals surface area contributed by atoms with Gasteiger partial charge in [-0.05, 0) is 41.5 Å². The largest absolute Gasteiger partial charge is 0.480 e. The van der Waals surface area contributed by atoms with Gasteiger partial charge in [0.15, 0.2) is 0 Å². The molecule has 0 rings (SSSR count). The number of carboxylic acid groups (broad SMARTS) is 2. The third kappa shape index (κ3) is 2.92. The number of aliphatic carboxylic acids is 2. The number of carbonyl (C=O) groups is 3. The van der Waals surface area contributed by atoms with E-state index in [0.29, 0.717) is 0 Å². The number of hydrogen-bond acceptors (Lipinski definition) is 5. The standard InChI is InChI=1S/C13H23NO6/c1-11(2,8(15)16)14(12(3,4)9(17)18)13(5,6)10(19)20-7/h1-7H3,(H,15,16)(H,17,18). The molecule has 0 aromatic heterocycles. The SMILES string of the molecule is COC(=O)C(C)(C)N(C(C)(C)C(=O)O)C(C)(C)C(=O)O. The number of methoxy groups -OCH3 is 1. The second kappa shape index (κ2) is 5.40. The number of rotatable bonds is 6. The van der Waals surface area contributed by atoms with Gasteiger partial charge >= 0.3 is 17.9 Å². The molecule has 0 aliphatic heterocycles. The molecule has 0 aliphatic rings. The van der Waals surface area contributed by atoms with Gasteiger partial charge in [-0.2, -0.15) is 0 Å². The van der Waals surface area contributed by atoms with Crippen LogP contribution in [0.25, 0.3) is 0 Å². The maximum Gasteiger partial charge on any atom is 0.325 e. The van der Waals surface area contributed by atoms with Gasteiger partial charge in [-0.15, -0.1) is 0 Å². The number of esters is 1. The van der Waals surface area contributed by atoms with Gasteiger partial charge in [0.1, 0.15) is 16.6 Å². The van der Waals surface area contributed by atoms with Gasteiger partial charge < -0.3 is 14.9 Å². The molecule has 0 atom stereocenters. The van der Waals surface area contributed by atoms with E-state index >= 15 is 0 Å². The van der Waals surface area contributed by atoms with Crippen LogP contribution in [0.5, 0.6) is 0 Å². The Balaban J connectivity index is 6.19. The fraction of sp³-hybridized carbons (Fsp3) is 0.769. The molecule has 0 radical (unpaired) electrons. The second-order valence-corrected chi connectivity index (χ2v) is 6.11. The minimum atomic E-state index is -1.58. The molecule has 0 aromatic rings. The van der Waals surface area contributed by atoms with E-state index in [1.165, 1.54) is 48.7 Å². The molecule has 20 heavy (non-hydrogen) atoms. The number of carbonyl (C=O) groups excluding carboxylic acids is 1. The minimum Gasteiger partial charge on any atom is -0.480 e. The third-order valence-electron chi connectivity index (χ3n) is 3.41. The van der Waals surface area contributed by atoms with Crippen LogP contribution in [0.4, 0.5) is 0 Å². The molecule has 0 saturated heterocycles. The topological polar surface area (TPSA) is 104 Å². The molecule has 0 amide bonds. The van der Waals surface area contributed by atoms with Gasteiger partial charge in [0.05, 0.1) is 7.11 Å². The lowest BCUT2D eigenvalue weighted by atomic mass is 9.85. The molecule has 0 spiro atoms. The van der Waals surface area contributed by atoms with Gasteiger partial charge in [0, 0.05) is 0 Å². The van der Waals surface area contributed by atoms with Crippen molar-refractivity contribution in [1.82, 2.24) is 4.90 Å². The summed E-state index contributed by atoms with van der Waals surface area (Å²) in [6.45, 7) is 8.28. The number of nitrogens with zero attached hydrogens (tertiary/aromatic N) is 1. The molecular weight excluding hydrogens is 266 g/mol. The molecular formula is C13H23NO6. The molecule has 116 valence electrons. The fourth-order valence-electron chi connectivity index (χ4n) is 2.63. The zero-order valence-electron chi connectivity index (χ0n) is 13.0. The number of carboxylic acids is 2. The Bertz CT molecular complexity index is 399. The zero-order valence-corrected chi connectivity index (χ0v) is 13.0. The maximum absolute atomic E-state index is 12.0. The maximum atomic E-state index is 12.0. The van der Waals surface area contributed by atoms with Gasteiger partial charge in [-0.3, -0.25) is 19.3 Å². The summed E-state index contributed by atoms with van der Waals surface area (Å²) in [7, 11) is 1.17. The molecule has 0 aromatic carbocycles. The van der Waals surface area contributed by atoms with E-state index in [4.69, 9.17) is 0 Å². The van der Waals surface area contributed by atoms with Crippen LogP contribution in [0.15, 0.2) is 0 Å². The lowest BCUT2D eigenvalue weighted by molar-refractivity contribution is -0.182. The van der Waals surface area contributed by atoms with Crippen molar-refractivity contribution in [2.24, 2.45) is 0 Å². The zero-order chi connectivity index (χ0) is 16.5. The van der Waals surface area contributed by atoms with E-state index < -0.39 is 34.5 Å². The predicted octanol–water partition coefficient (Wildman–Crippen LogP) is 0.966. The normalized spacial score (nSPS) is 13.2. The molecule has 0 aliphatic carbocycles. The molecule has 0 bridgehead atoms. The summed E-state index contributed by atoms with van der Waals surface area (Å²) in [5.41, 5.74) is -4.60. The van der Waals surface area contributed by atoms with Crippen LogP contribution in [0.3, 0.4) is 0 Å². The first-order valence-corrected chi connectivity index (χ1v) is 6.09. The van der Waals surface area contributed by atoms with Crippen LogP contribution in [-0.4, -0.2) is 56.7 Å². The van der Waals surface area contributed by atoms with Gasteiger partial charge in [0.2, 0.25) is 0 Å². The van der Waals surface area contributed by atoms with Crippen molar-refractivity contribution in [3.8, 4) is 0 Å². The first-order valence-electron chi connectivity index (χ1n) is 6.09. The Morgan fingerprint density at radius 3 is 1.30 bits per heavy atom. The summed E-state index contributed by atoms with van der Waals surface area (Å²) in [5, 5.41) is 18.8. The van der Waals surface area contributed by atoms with E-state index in [9.17, 15) is 24.6 Å². The fourth-order valence-corrected chi connectivity index (χ4v) is 2.63. The number of ether oxygens (including phenoxy) is 1. The second-order valence-electron chi connectivity index (χ2n) is 6.11. The van der Waals surface area contributed by atoms with Crippen LogP contribution in [0.2, 0.25) is 0 Å². The number of hydrogen-bond donors (Lipinski definition) is 2. The summed E-state index contributed by atoms with van der Waals surface area (Å²) < 4.78 is 4.68. The van der Waals surface area contributed by atoms with Crippen LogP contribution >= 0.6 is 0 Å². The highest BCUT2D eigenvalue weighted by Crippen LogP contribution is 2.35. The Kier molecular flexibility index (Phi) is 4.96. The van der Waals surface area contributed by atoms with Gasteiger partial charge in [-0.25, -0.2) is 0 Å². The van der Waals surface area contributed by atoms with Crippen molar-refractivity contribution in [1.29, 1.82) is 0 Å². The van der Waals surface area contributed by atoms with Gasteiger partial charge in [-0.1, -0.05) is 0 Å². The highest BCUT2D eigenvalue weighted by atomic mass is 16.5. The van der Waals surface area contributed by atoms with Crippen molar-refractivity contribution >= 4 is 17.9 Å². The highest BCUT2D eigenvalue weighted by molar-refractivity contribution is 5.87. The van der Waals surface area contributed by atoms with Crippen molar-refractivity contribution in [3.05, 3.63) is 0 Å². The Hall–Kier alpha value is -1.63. The predicted molar refractivity (Wildman–Crippen MR) is 71.4 cm³/mol. The van der Waals surface area contributed by atoms with E-state index in [2.05, 4.69) is 4.74 Å². The molecule has 0 saturated carbocycles. The lowest BCUT2D eigenvalue weighted by Crippen LogP contribution is -2.71. The average molecular weight is 289 g/mol. The van der Waals surface area contributed by atoms with Crippen molar-refractivity contribution in [2.75, 3.05) is 7.11 Å². The van der Waals surface area contributed by atoms with E-state index in [0.717, 1.165) is 4.90 Å². The summed E-state index contributed by atoms with van der Waals surface area (Å²) >= 11 is 0. The molecule has 2 N–H and O–H groups in total. The molecule has 7 heteroatoms. The van der Waals surface area contributed by atoms with Crippen molar-refractivity contribution < 1.29 is 29.3 Å². The van der Waals surface area contributed by atoms with Crippen molar-refractivity contribution in [2.45, 2.75) is 58.2 Å². The minimum absolute atomic E-state index is 0.707. The lowest BCUT2D eigenvalue weighted by Gasteiger charge is -2.51. The summed E-state index contributed by atoms with van der Waals surface area (Å²) in [4.78, 5) is 36.1. The first kappa shape index (κ1) is 18.4. The van der Waals surface area contributed by atoms with Crippen LogP contribution in [-0.2, 0) is 19.1 Å². The average Bonchev–Trinajstić information content (AvgIpc) is 2.25. The Labute approximate surface area is 118 Å². The van der Waals surface area contributed by atoms with E-state index in [-0.39, 0.29) is 0 Å². The monoisotopic (exact) mass is 289 g/mol. The third-order valence-corrected chi connectivity index (χ3v) is 3.41. The highest BCUT2D eigenvalue weighted by Gasteiger charge is 2.56. The van der Waals surface area contributed by atoms with Crippen molar-refractivity contribution in [3.63, 3.8) is 0 Å². The first-order chi connectivity index (χ1) is 8.73. The smallest absolute Gasteiger partial charge is 0.325 e. The molecule has 0 heterocycles. The van der Waals surface area contributed by atoms with E-state index in [1.54, 1.807) is 0 Å². The van der Waals surface area contributed by atoms with Crippen LogP contribution in [0.1, 0.15) is 41.5 Å². The Morgan fingerprint density at radius 1 is 0.800 bits per heavy atom. The summed E-state index contributed by atoms with van der Waals surface area (Å²) in [6, 6.07) is 0. The van der Waals surface area contributed by atoms with Gasteiger partial charge in [0.25, 0.3) is 0 Å². The van der Waals surface area contributed by atoms with Crippen LogP contribution in [0, 0.1) is 0 Å².